The lowest BCUT2D eigenvalue weighted by atomic mass is 10.2. The van der Waals surface area contributed by atoms with E-state index in [-0.39, 0.29) is 22.3 Å². The van der Waals surface area contributed by atoms with Gasteiger partial charge in [0.05, 0.1) is 17.1 Å². The van der Waals surface area contributed by atoms with E-state index < -0.39 is 17.6 Å². The number of carbonyl (C=O) groups is 2. The molecule has 0 bridgehead atoms. The molecule has 0 aliphatic carbocycles. The second-order valence-electron chi connectivity index (χ2n) is 4.71. The highest BCUT2D eigenvalue weighted by Gasteiger charge is 2.16. The van der Waals surface area contributed by atoms with Crippen molar-refractivity contribution in [2.45, 2.75) is 0 Å². The van der Waals surface area contributed by atoms with E-state index >= 15 is 0 Å². The summed E-state index contributed by atoms with van der Waals surface area (Å²) in [5.41, 5.74) is 0.657. The molecule has 2 amide bonds. The molecule has 1 aromatic heterocycles. The van der Waals surface area contributed by atoms with E-state index in [2.05, 4.69) is 10.3 Å². The Morgan fingerprint density at radius 1 is 1.26 bits per heavy atom. The van der Waals surface area contributed by atoms with Crippen LogP contribution >= 0.6 is 23.2 Å². The molecule has 2 rings (SSSR count). The summed E-state index contributed by atoms with van der Waals surface area (Å²) >= 11 is 11.5. The van der Waals surface area contributed by atoms with E-state index in [4.69, 9.17) is 23.2 Å². The average molecular weight is 356 g/mol. The minimum atomic E-state index is -0.426. The summed E-state index contributed by atoms with van der Waals surface area (Å²) in [7, 11) is 1.47. The standard InChI is InChI=1S/C15H12Cl2FN3O2/c1-21(15(23)9-6-12(16)14(17)19-7-9)8-13(22)20-11-4-2-10(18)3-5-11/h2-7H,8H2,1H3,(H,20,22). The quantitative estimate of drug-likeness (QED) is 0.856. The van der Waals surface area contributed by atoms with Gasteiger partial charge in [0.25, 0.3) is 5.91 Å². The summed E-state index contributed by atoms with van der Waals surface area (Å²) in [4.78, 5) is 29.1. The van der Waals surface area contributed by atoms with Crippen molar-refractivity contribution in [1.82, 2.24) is 9.88 Å². The number of hydrogen-bond acceptors (Lipinski definition) is 3. The van der Waals surface area contributed by atoms with Gasteiger partial charge in [0, 0.05) is 18.9 Å². The van der Waals surface area contributed by atoms with Crippen LogP contribution in [-0.4, -0.2) is 35.3 Å². The van der Waals surface area contributed by atoms with E-state index in [1.165, 1.54) is 48.5 Å². The monoisotopic (exact) mass is 355 g/mol. The van der Waals surface area contributed by atoms with Gasteiger partial charge in [-0.15, -0.1) is 0 Å². The van der Waals surface area contributed by atoms with Crippen LogP contribution in [0.3, 0.4) is 0 Å². The predicted octanol–water partition coefficient (Wildman–Crippen LogP) is 3.24. The van der Waals surface area contributed by atoms with Crippen molar-refractivity contribution in [2.24, 2.45) is 0 Å². The minimum Gasteiger partial charge on any atom is -0.332 e. The molecule has 120 valence electrons. The van der Waals surface area contributed by atoms with Crippen molar-refractivity contribution >= 4 is 40.7 Å². The van der Waals surface area contributed by atoms with Crippen molar-refractivity contribution in [1.29, 1.82) is 0 Å². The summed E-state index contributed by atoms with van der Waals surface area (Å²) in [6.45, 7) is -0.184. The van der Waals surface area contributed by atoms with Gasteiger partial charge in [0.15, 0.2) is 0 Å². The zero-order chi connectivity index (χ0) is 17.0. The molecule has 1 N–H and O–H groups in total. The highest BCUT2D eigenvalue weighted by Crippen LogP contribution is 2.20. The lowest BCUT2D eigenvalue weighted by Gasteiger charge is -2.17. The van der Waals surface area contributed by atoms with E-state index in [0.717, 1.165) is 0 Å². The SMILES string of the molecule is CN(CC(=O)Nc1ccc(F)cc1)C(=O)c1cnc(Cl)c(Cl)c1. The molecule has 0 spiro atoms. The number of nitrogens with zero attached hydrogens (tertiary/aromatic N) is 2. The molecule has 0 radical (unpaired) electrons. The minimum absolute atomic E-state index is 0.0972. The molecule has 1 aromatic carbocycles. The fourth-order valence-corrected chi connectivity index (χ4v) is 2.05. The average Bonchev–Trinajstić information content (AvgIpc) is 2.51. The Labute approximate surface area is 142 Å². The maximum absolute atomic E-state index is 12.8. The molecule has 1 heterocycles. The van der Waals surface area contributed by atoms with Crippen LogP contribution in [0.2, 0.25) is 10.2 Å². The van der Waals surface area contributed by atoms with Crippen molar-refractivity contribution in [3.8, 4) is 0 Å². The number of rotatable bonds is 4. The van der Waals surface area contributed by atoms with Gasteiger partial charge in [-0.25, -0.2) is 9.37 Å². The number of halogens is 3. The summed E-state index contributed by atoms with van der Waals surface area (Å²) in [6.07, 6.45) is 1.28. The zero-order valence-electron chi connectivity index (χ0n) is 12.0. The van der Waals surface area contributed by atoms with Crippen LogP contribution in [0.1, 0.15) is 10.4 Å². The van der Waals surface area contributed by atoms with Gasteiger partial charge < -0.3 is 10.2 Å². The fourth-order valence-electron chi connectivity index (χ4n) is 1.78. The second kappa shape index (κ2) is 7.39. The van der Waals surface area contributed by atoms with E-state index in [1.54, 1.807) is 0 Å². The highest BCUT2D eigenvalue weighted by atomic mass is 35.5. The largest absolute Gasteiger partial charge is 0.332 e. The first-order valence-electron chi connectivity index (χ1n) is 6.48. The first-order chi connectivity index (χ1) is 10.9. The summed E-state index contributed by atoms with van der Waals surface area (Å²) < 4.78 is 12.8. The third-order valence-corrected chi connectivity index (χ3v) is 3.58. The molecular weight excluding hydrogens is 344 g/mol. The topological polar surface area (TPSA) is 62.3 Å². The predicted molar refractivity (Wildman–Crippen MR) is 86.2 cm³/mol. The lowest BCUT2D eigenvalue weighted by Crippen LogP contribution is -2.35. The number of aromatic nitrogens is 1. The Morgan fingerprint density at radius 3 is 2.52 bits per heavy atom. The molecule has 23 heavy (non-hydrogen) atoms. The molecule has 2 aromatic rings. The van der Waals surface area contributed by atoms with Gasteiger partial charge in [-0.2, -0.15) is 0 Å². The third kappa shape index (κ3) is 4.64. The van der Waals surface area contributed by atoms with Crippen LogP contribution in [-0.2, 0) is 4.79 Å². The number of hydrogen-bond donors (Lipinski definition) is 1. The summed E-state index contributed by atoms with van der Waals surface area (Å²) in [6, 6.07) is 6.70. The Morgan fingerprint density at radius 2 is 1.91 bits per heavy atom. The Balaban J connectivity index is 1.98. The van der Waals surface area contributed by atoms with Gasteiger partial charge in [-0.05, 0) is 30.3 Å². The molecule has 5 nitrogen and oxygen atoms in total. The number of nitrogens with one attached hydrogen (secondary N) is 1. The number of pyridine rings is 1. The van der Waals surface area contributed by atoms with Gasteiger partial charge in [0.2, 0.25) is 5.91 Å². The van der Waals surface area contributed by atoms with Gasteiger partial charge >= 0.3 is 0 Å². The van der Waals surface area contributed by atoms with E-state index in [1.807, 2.05) is 0 Å². The zero-order valence-corrected chi connectivity index (χ0v) is 13.5. The Kier molecular flexibility index (Phi) is 5.52. The van der Waals surface area contributed by atoms with E-state index in [0.29, 0.717) is 5.69 Å². The molecular formula is C15H12Cl2FN3O2. The molecule has 0 atom stereocenters. The van der Waals surface area contributed by atoms with Crippen LogP contribution in [0.25, 0.3) is 0 Å². The van der Waals surface area contributed by atoms with Crippen molar-refractivity contribution in [3.63, 3.8) is 0 Å². The molecule has 8 heteroatoms. The first kappa shape index (κ1) is 17.2. The lowest BCUT2D eigenvalue weighted by molar-refractivity contribution is -0.116. The maximum atomic E-state index is 12.8. The molecule has 0 aliphatic rings. The number of carbonyl (C=O) groups excluding carboxylic acids is 2. The van der Waals surface area contributed by atoms with Gasteiger partial charge in [0.1, 0.15) is 11.0 Å². The number of anilines is 1. The Hall–Kier alpha value is -2.18. The molecule has 0 saturated carbocycles. The maximum Gasteiger partial charge on any atom is 0.255 e. The van der Waals surface area contributed by atoms with Crippen LogP contribution in [0.4, 0.5) is 10.1 Å². The van der Waals surface area contributed by atoms with Gasteiger partial charge in [-0.1, -0.05) is 23.2 Å². The smallest absolute Gasteiger partial charge is 0.255 e. The number of likely N-dealkylation sites (N-methyl/N-ethyl adjacent to an activating group) is 1. The van der Waals surface area contributed by atoms with Gasteiger partial charge in [-0.3, -0.25) is 9.59 Å². The summed E-state index contributed by atoms with van der Waals surface area (Å²) in [5.74, 6) is -1.24. The fraction of sp³-hybridized carbons (Fsp3) is 0.133. The first-order valence-corrected chi connectivity index (χ1v) is 7.24. The number of benzene rings is 1. The van der Waals surface area contributed by atoms with Crippen LogP contribution < -0.4 is 5.32 Å². The molecule has 0 unspecified atom stereocenters. The molecule has 0 saturated heterocycles. The normalized spacial score (nSPS) is 10.3. The second-order valence-corrected chi connectivity index (χ2v) is 5.48. The number of amides is 2. The molecule has 0 aliphatic heterocycles. The van der Waals surface area contributed by atoms with Crippen molar-refractivity contribution in [3.05, 3.63) is 58.1 Å². The third-order valence-electron chi connectivity index (χ3n) is 2.90. The van der Waals surface area contributed by atoms with Crippen LogP contribution in [0.5, 0.6) is 0 Å². The van der Waals surface area contributed by atoms with Crippen LogP contribution in [0, 0.1) is 5.82 Å². The van der Waals surface area contributed by atoms with E-state index in [9.17, 15) is 14.0 Å². The molecule has 0 fully saturated rings. The Bertz CT molecular complexity index is 738. The highest BCUT2D eigenvalue weighted by molar-refractivity contribution is 6.41. The van der Waals surface area contributed by atoms with Crippen LogP contribution in [0.15, 0.2) is 36.5 Å². The van der Waals surface area contributed by atoms with Crippen molar-refractivity contribution in [2.75, 3.05) is 18.9 Å². The van der Waals surface area contributed by atoms with Crippen molar-refractivity contribution < 1.29 is 14.0 Å². The summed E-state index contributed by atoms with van der Waals surface area (Å²) in [5, 5.41) is 2.82.